The van der Waals surface area contributed by atoms with E-state index < -0.39 is 17.5 Å². The van der Waals surface area contributed by atoms with Crippen LogP contribution < -0.4 is 0 Å². The maximum atomic E-state index is 12.3. The first-order valence-corrected chi connectivity index (χ1v) is 5.10. The van der Waals surface area contributed by atoms with Crippen molar-refractivity contribution in [3.8, 4) is 0 Å². The van der Waals surface area contributed by atoms with Crippen LogP contribution >= 0.6 is 0 Å². The summed E-state index contributed by atoms with van der Waals surface area (Å²) in [5.41, 5.74) is -0.558. The Hall–Kier alpha value is -1.69. The van der Waals surface area contributed by atoms with E-state index >= 15 is 0 Å². The first-order chi connectivity index (χ1) is 8.34. The first kappa shape index (κ1) is 14.4. The lowest BCUT2D eigenvalue weighted by atomic mass is 10.0. The van der Waals surface area contributed by atoms with Crippen molar-refractivity contribution in [2.45, 2.75) is 12.6 Å². The predicted octanol–water partition coefficient (Wildman–Crippen LogP) is 2.94. The van der Waals surface area contributed by atoms with Gasteiger partial charge < -0.3 is 10.1 Å². The van der Waals surface area contributed by atoms with E-state index in [4.69, 9.17) is 5.41 Å². The van der Waals surface area contributed by atoms with Gasteiger partial charge in [0, 0.05) is 18.4 Å². The highest BCUT2D eigenvalue weighted by Gasteiger charge is 2.30. The van der Waals surface area contributed by atoms with Crippen molar-refractivity contribution in [1.29, 1.82) is 5.41 Å². The molecule has 1 aromatic carbocycles. The molecule has 0 saturated carbocycles. The third-order valence-electron chi connectivity index (χ3n) is 2.23. The molecule has 1 aromatic rings. The Kier molecular flexibility index (Phi) is 4.61. The van der Waals surface area contributed by atoms with Crippen LogP contribution in [0.15, 0.2) is 24.3 Å². The van der Waals surface area contributed by atoms with Crippen molar-refractivity contribution in [3.63, 3.8) is 0 Å². The normalized spacial score (nSPS) is 11.3. The highest BCUT2D eigenvalue weighted by atomic mass is 19.4. The Bertz CT molecular complexity index is 438. The lowest BCUT2D eigenvalue weighted by molar-refractivity contribution is -0.137. The van der Waals surface area contributed by atoms with Crippen LogP contribution in [-0.2, 0) is 10.9 Å². The Labute approximate surface area is 102 Å². The predicted molar refractivity (Wildman–Crippen MR) is 60.0 cm³/mol. The molecule has 0 radical (unpaired) electrons. The molecule has 98 valence electrons. The number of hydrogen-bond donors (Lipinski definition) is 1. The molecule has 0 heterocycles. The molecule has 6 heteroatoms. The quantitative estimate of drug-likeness (QED) is 0.652. The van der Waals surface area contributed by atoms with E-state index in [-0.39, 0.29) is 24.3 Å². The van der Waals surface area contributed by atoms with Gasteiger partial charge in [-0.1, -0.05) is 12.1 Å². The number of alkyl halides is 3. The Morgan fingerprint density at radius 3 is 2.28 bits per heavy atom. The van der Waals surface area contributed by atoms with Crippen molar-refractivity contribution < 1.29 is 22.7 Å². The number of halogens is 3. The number of carbonyl (C=O) groups is 1. The van der Waals surface area contributed by atoms with Gasteiger partial charge in [-0.25, -0.2) is 0 Å². The van der Waals surface area contributed by atoms with Crippen molar-refractivity contribution in [1.82, 2.24) is 0 Å². The molecule has 0 aromatic heterocycles. The second kappa shape index (κ2) is 5.77. The van der Waals surface area contributed by atoms with E-state index in [1.807, 2.05) is 0 Å². The highest BCUT2D eigenvalue weighted by Crippen LogP contribution is 2.29. The molecule has 1 rings (SSSR count). The molecule has 0 aliphatic carbocycles. The number of rotatable bonds is 5. The van der Waals surface area contributed by atoms with Gasteiger partial charge in [0.1, 0.15) is 0 Å². The van der Waals surface area contributed by atoms with Crippen LogP contribution in [0.5, 0.6) is 0 Å². The topological polar surface area (TPSA) is 50.1 Å². The first-order valence-electron chi connectivity index (χ1n) is 5.10. The van der Waals surface area contributed by atoms with Crippen molar-refractivity contribution in [3.05, 3.63) is 35.4 Å². The minimum absolute atomic E-state index is 0.0341. The van der Waals surface area contributed by atoms with Crippen molar-refractivity contribution >= 4 is 11.5 Å². The summed E-state index contributed by atoms with van der Waals surface area (Å²) < 4.78 is 41.6. The molecule has 0 bridgehead atoms. The lowest BCUT2D eigenvalue weighted by Gasteiger charge is -2.07. The zero-order chi connectivity index (χ0) is 13.8. The average Bonchev–Trinajstić information content (AvgIpc) is 2.28. The van der Waals surface area contributed by atoms with Crippen LogP contribution in [0.3, 0.4) is 0 Å². The zero-order valence-corrected chi connectivity index (χ0v) is 9.67. The molecule has 0 saturated heterocycles. The summed E-state index contributed by atoms with van der Waals surface area (Å²) in [6.45, 7) is 0.0341. The second-order valence-corrected chi connectivity index (χ2v) is 3.71. The molecule has 0 spiro atoms. The summed E-state index contributed by atoms with van der Waals surface area (Å²) in [4.78, 5) is 11.6. The van der Waals surface area contributed by atoms with Gasteiger partial charge in [-0.05, 0) is 12.1 Å². The molecule has 0 fully saturated rings. The Morgan fingerprint density at radius 2 is 1.83 bits per heavy atom. The van der Waals surface area contributed by atoms with E-state index in [1.54, 1.807) is 0 Å². The van der Waals surface area contributed by atoms with Gasteiger partial charge in [0.25, 0.3) is 0 Å². The number of ketones is 1. The Balaban J connectivity index is 2.74. The summed E-state index contributed by atoms with van der Waals surface area (Å²) in [6.07, 6.45) is -4.57. The van der Waals surface area contributed by atoms with Crippen LogP contribution in [0.2, 0.25) is 0 Å². The number of carbonyl (C=O) groups excluding carboxylic acids is 1. The van der Waals surface area contributed by atoms with Crippen LogP contribution in [-0.4, -0.2) is 25.2 Å². The molecule has 1 N–H and O–H groups in total. The van der Waals surface area contributed by atoms with E-state index in [2.05, 4.69) is 4.74 Å². The molecule has 3 nitrogen and oxygen atoms in total. The third-order valence-corrected chi connectivity index (χ3v) is 2.23. The van der Waals surface area contributed by atoms with Gasteiger partial charge in [0.15, 0.2) is 5.78 Å². The smallest absolute Gasteiger partial charge is 0.379 e. The third kappa shape index (κ3) is 3.96. The van der Waals surface area contributed by atoms with Crippen molar-refractivity contribution in [2.24, 2.45) is 0 Å². The summed E-state index contributed by atoms with van der Waals surface area (Å²) in [6, 6.07) is 3.94. The van der Waals surface area contributed by atoms with E-state index in [1.165, 1.54) is 7.11 Å². The number of methoxy groups -OCH3 is 1. The minimum atomic E-state index is -4.41. The summed E-state index contributed by atoms with van der Waals surface area (Å²) in [7, 11) is 1.40. The minimum Gasteiger partial charge on any atom is -0.379 e. The number of Topliss-reactive ketones (excluding diaryl/α,β-unsaturated/α-hetero) is 1. The molecule has 0 aliphatic rings. The molecule has 0 unspecified atom stereocenters. The van der Waals surface area contributed by atoms with Crippen LogP contribution in [0.1, 0.15) is 22.3 Å². The van der Waals surface area contributed by atoms with Crippen LogP contribution in [0, 0.1) is 5.41 Å². The molecule has 18 heavy (non-hydrogen) atoms. The molecule has 0 atom stereocenters. The van der Waals surface area contributed by atoms with Crippen LogP contribution in [0.25, 0.3) is 0 Å². The summed E-state index contributed by atoms with van der Waals surface area (Å²) in [5.74, 6) is -0.397. The van der Waals surface area contributed by atoms with Crippen molar-refractivity contribution in [2.75, 3.05) is 13.7 Å². The summed E-state index contributed by atoms with van der Waals surface area (Å²) in [5, 5.41) is 7.38. The number of hydrogen-bond acceptors (Lipinski definition) is 3. The van der Waals surface area contributed by atoms with Gasteiger partial charge in [-0.2, -0.15) is 13.2 Å². The fourth-order valence-corrected chi connectivity index (χ4v) is 1.37. The van der Waals surface area contributed by atoms with Gasteiger partial charge >= 0.3 is 6.18 Å². The fraction of sp³-hybridized carbons (Fsp3) is 0.333. The largest absolute Gasteiger partial charge is 0.416 e. The molecule has 0 amide bonds. The van der Waals surface area contributed by atoms with Gasteiger partial charge in [-0.15, -0.1) is 0 Å². The highest BCUT2D eigenvalue weighted by molar-refractivity contribution is 6.09. The average molecular weight is 259 g/mol. The lowest BCUT2D eigenvalue weighted by Crippen LogP contribution is -2.12. The van der Waals surface area contributed by atoms with Gasteiger partial charge in [0.2, 0.25) is 0 Å². The number of ether oxygens (including phenoxy) is 1. The molecule has 0 aliphatic heterocycles. The van der Waals surface area contributed by atoms with E-state index in [0.717, 1.165) is 24.3 Å². The number of benzene rings is 1. The maximum absolute atomic E-state index is 12.3. The molecular formula is C12H12F3NO2. The SMILES string of the molecule is COCC(=N)CC(=O)c1ccc(C(F)(F)F)cc1. The summed E-state index contributed by atoms with van der Waals surface area (Å²) >= 11 is 0. The van der Waals surface area contributed by atoms with E-state index in [0.29, 0.717) is 0 Å². The zero-order valence-electron chi connectivity index (χ0n) is 9.67. The molecular weight excluding hydrogens is 247 g/mol. The second-order valence-electron chi connectivity index (χ2n) is 3.71. The monoisotopic (exact) mass is 259 g/mol. The Morgan fingerprint density at radius 1 is 1.28 bits per heavy atom. The number of nitrogens with one attached hydrogen (secondary N) is 1. The maximum Gasteiger partial charge on any atom is 0.416 e. The van der Waals surface area contributed by atoms with Gasteiger partial charge in [-0.3, -0.25) is 4.79 Å². The standard InChI is InChI=1S/C12H12F3NO2/c1-18-7-10(16)6-11(17)8-2-4-9(5-3-8)12(13,14)15/h2-5,16H,6-7H2,1H3. The van der Waals surface area contributed by atoms with E-state index in [9.17, 15) is 18.0 Å². The van der Waals surface area contributed by atoms with Crippen LogP contribution in [0.4, 0.5) is 13.2 Å². The van der Waals surface area contributed by atoms with Gasteiger partial charge in [0.05, 0.1) is 18.6 Å². The fourth-order valence-electron chi connectivity index (χ4n) is 1.37.